The lowest BCUT2D eigenvalue weighted by molar-refractivity contribution is -0.147. The number of hydrogen-bond acceptors (Lipinski definition) is 3. The van der Waals surface area contributed by atoms with Crippen LogP contribution in [0.25, 0.3) is 11.0 Å². The van der Waals surface area contributed by atoms with E-state index in [0.29, 0.717) is 5.39 Å². The zero-order chi connectivity index (χ0) is 11.0. The predicted molar refractivity (Wildman–Crippen MR) is 48.8 cm³/mol. The van der Waals surface area contributed by atoms with Crippen LogP contribution in [0.3, 0.4) is 0 Å². The maximum Gasteiger partial charge on any atom is 0.337 e. The van der Waals surface area contributed by atoms with E-state index in [0.717, 1.165) is 6.07 Å². The lowest BCUT2D eigenvalue weighted by atomic mass is 10.1. The molecule has 1 atom stereocenters. The first kappa shape index (κ1) is 9.67. The molecule has 78 valence electrons. The molecule has 5 heteroatoms. The average molecular weight is 210 g/mol. The number of benzene rings is 1. The van der Waals surface area contributed by atoms with Crippen LogP contribution in [0.2, 0.25) is 0 Å². The summed E-state index contributed by atoms with van der Waals surface area (Å²) < 4.78 is 18.3. The minimum absolute atomic E-state index is 0.0601. The van der Waals surface area contributed by atoms with E-state index < -0.39 is 17.9 Å². The van der Waals surface area contributed by atoms with Crippen LogP contribution in [0.1, 0.15) is 11.7 Å². The molecule has 1 aromatic carbocycles. The van der Waals surface area contributed by atoms with Crippen LogP contribution in [-0.2, 0) is 4.79 Å². The molecule has 0 fully saturated rings. The topological polar surface area (TPSA) is 70.7 Å². The van der Waals surface area contributed by atoms with E-state index in [2.05, 4.69) is 0 Å². The molecule has 0 saturated heterocycles. The Kier molecular flexibility index (Phi) is 2.17. The van der Waals surface area contributed by atoms with Crippen molar-refractivity contribution < 1.29 is 23.8 Å². The third kappa shape index (κ3) is 1.46. The molecular weight excluding hydrogens is 203 g/mol. The molecule has 2 N–H and O–H groups in total. The largest absolute Gasteiger partial charge is 0.479 e. The van der Waals surface area contributed by atoms with Gasteiger partial charge in [0.25, 0.3) is 0 Å². The molecule has 0 saturated carbocycles. The molecule has 0 amide bonds. The summed E-state index contributed by atoms with van der Waals surface area (Å²) in [5.74, 6) is -2.31. The Morgan fingerprint density at radius 3 is 2.80 bits per heavy atom. The van der Waals surface area contributed by atoms with Crippen molar-refractivity contribution in [1.29, 1.82) is 0 Å². The molecule has 0 spiro atoms. The quantitative estimate of drug-likeness (QED) is 0.791. The van der Waals surface area contributed by atoms with Gasteiger partial charge in [-0.1, -0.05) is 0 Å². The first-order chi connectivity index (χ1) is 7.11. The first-order valence-electron chi connectivity index (χ1n) is 4.17. The third-order valence-electron chi connectivity index (χ3n) is 2.11. The van der Waals surface area contributed by atoms with Gasteiger partial charge in [-0.2, -0.15) is 0 Å². The smallest absolute Gasteiger partial charge is 0.337 e. The van der Waals surface area contributed by atoms with Crippen molar-refractivity contribution in [2.45, 2.75) is 6.10 Å². The van der Waals surface area contributed by atoms with Crippen molar-refractivity contribution in [3.8, 4) is 0 Å². The standard InChI is InChI=1S/C10H7FO4/c11-6-2-1-5-3-4-15-9(5)7(6)8(12)10(13)14/h1-4,8,12H,(H,13,14). The molecule has 0 aliphatic heterocycles. The zero-order valence-electron chi connectivity index (χ0n) is 7.48. The lowest BCUT2D eigenvalue weighted by Gasteiger charge is -2.07. The van der Waals surface area contributed by atoms with Crippen molar-refractivity contribution in [1.82, 2.24) is 0 Å². The van der Waals surface area contributed by atoms with Gasteiger partial charge in [-0.05, 0) is 18.2 Å². The number of carboxylic acids is 1. The average Bonchev–Trinajstić information content (AvgIpc) is 2.64. The van der Waals surface area contributed by atoms with Crippen LogP contribution in [-0.4, -0.2) is 16.2 Å². The third-order valence-corrected chi connectivity index (χ3v) is 2.11. The Hall–Kier alpha value is -1.88. The Bertz CT molecular complexity index is 517. The summed E-state index contributed by atoms with van der Waals surface area (Å²) in [5.41, 5.74) is -0.282. The molecule has 1 heterocycles. The fraction of sp³-hybridized carbons (Fsp3) is 0.100. The highest BCUT2D eigenvalue weighted by Crippen LogP contribution is 2.28. The van der Waals surface area contributed by atoms with Crippen LogP contribution in [0, 0.1) is 5.82 Å². The molecule has 4 nitrogen and oxygen atoms in total. The molecule has 2 rings (SSSR count). The highest BCUT2D eigenvalue weighted by atomic mass is 19.1. The highest BCUT2D eigenvalue weighted by Gasteiger charge is 2.24. The van der Waals surface area contributed by atoms with E-state index in [1.807, 2.05) is 0 Å². The fourth-order valence-electron chi connectivity index (χ4n) is 1.41. The van der Waals surface area contributed by atoms with Crippen molar-refractivity contribution in [2.24, 2.45) is 0 Å². The van der Waals surface area contributed by atoms with E-state index in [4.69, 9.17) is 9.52 Å². The number of hydrogen-bond donors (Lipinski definition) is 2. The first-order valence-corrected chi connectivity index (χ1v) is 4.17. The number of aliphatic hydroxyl groups excluding tert-OH is 1. The molecule has 2 aromatic rings. The molecular formula is C10H7FO4. The monoisotopic (exact) mass is 210 g/mol. The number of aliphatic carboxylic acids is 1. The Labute approximate surface area is 83.6 Å². The lowest BCUT2D eigenvalue weighted by Crippen LogP contribution is -2.12. The highest BCUT2D eigenvalue weighted by molar-refractivity contribution is 5.86. The van der Waals surface area contributed by atoms with Gasteiger partial charge in [0, 0.05) is 5.39 Å². The van der Waals surface area contributed by atoms with Gasteiger partial charge >= 0.3 is 5.97 Å². The van der Waals surface area contributed by atoms with Crippen LogP contribution < -0.4 is 0 Å². The molecule has 1 unspecified atom stereocenters. The second kappa shape index (κ2) is 3.36. The van der Waals surface area contributed by atoms with E-state index >= 15 is 0 Å². The van der Waals surface area contributed by atoms with Gasteiger partial charge in [0.2, 0.25) is 0 Å². The summed E-state index contributed by atoms with van der Waals surface area (Å²) in [6, 6.07) is 4.11. The van der Waals surface area contributed by atoms with Gasteiger partial charge in [-0.15, -0.1) is 0 Å². The summed E-state index contributed by atoms with van der Waals surface area (Å²) >= 11 is 0. The van der Waals surface area contributed by atoms with Gasteiger partial charge in [-0.3, -0.25) is 0 Å². The van der Waals surface area contributed by atoms with E-state index in [-0.39, 0.29) is 11.1 Å². The Balaban J connectivity index is 2.71. The minimum atomic E-state index is -1.92. The van der Waals surface area contributed by atoms with Crippen molar-refractivity contribution in [3.05, 3.63) is 35.8 Å². The second-order valence-corrected chi connectivity index (χ2v) is 3.04. The van der Waals surface area contributed by atoms with Crippen molar-refractivity contribution in [2.75, 3.05) is 0 Å². The van der Waals surface area contributed by atoms with Gasteiger partial charge < -0.3 is 14.6 Å². The van der Waals surface area contributed by atoms with Crippen LogP contribution in [0.5, 0.6) is 0 Å². The van der Waals surface area contributed by atoms with Gasteiger partial charge in [0.05, 0.1) is 11.8 Å². The summed E-state index contributed by atoms with van der Waals surface area (Å²) in [7, 11) is 0. The van der Waals surface area contributed by atoms with E-state index in [9.17, 15) is 14.3 Å². The number of carbonyl (C=O) groups is 1. The van der Waals surface area contributed by atoms with Crippen molar-refractivity contribution >= 4 is 16.9 Å². The second-order valence-electron chi connectivity index (χ2n) is 3.04. The summed E-state index contributed by atoms with van der Waals surface area (Å²) in [4.78, 5) is 10.6. The summed E-state index contributed by atoms with van der Waals surface area (Å²) in [5, 5.41) is 18.4. The number of rotatable bonds is 2. The normalized spacial score (nSPS) is 12.9. The summed E-state index contributed by atoms with van der Waals surface area (Å²) in [6.07, 6.45) is -0.609. The van der Waals surface area contributed by atoms with E-state index in [1.165, 1.54) is 12.3 Å². The van der Waals surface area contributed by atoms with Crippen LogP contribution in [0.15, 0.2) is 28.9 Å². The molecule has 15 heavy (non-hydrogen) atoms. The zero-order valence-corrected chi connectivity index (χ0v) is 7.48. The van der Waals surface area contributed by atoms with Crippen LogP contribution >= 0.6 is 0 Å². The predicted octanol–water partition coefficient (Wildman–Crippen LogP) is 1.69. The number of aliphatic hydroxyl groups is 1. The fourth-order valence-corrected chi connectivity index (χ4v) is 1.41. The van der Waals surface area contributed by atoms with Gasteiger partial charge in [0.15, 0.2) is 6.10 Å². The molecule has 0 aliphatic rings. The molecule has 0 bridgehead atoms. The SMILES string of the molecule is O=C(O)C(O)c1c(F)ccc2ccoc12. The van der Waals surface area contributed by atoms with Crippen molar-refractivity contribution in [3.63, 3.8) is 0 Å². The van der Waals surface area contributed by atoms with Gasteiger partial charge in [0.1, 0.15) is 11.4 Å². The molecule has 1 aromatic heterocycles. The Morgan fingerprint density at radius 1 is 1.40 bits per heavy atom. The minimum Gasteiger partial charge on any atom is -0.479 e. The number of halogens is 1. The van der Waals surface area contributed by atoms with E-state index in [1.54, 1.807) is 6.07 Å². The van der Waals surface area contributed by atoms with Gasteiger partial charge in [-0.25, -0.2) is 9.18 Å². The number of furan rings is 1. The summed E-state index contributed by atoms with van der Waals surface area (Å²) in [6.45, 7) is 0. The number of fused-ring (bicyclic) bond motifs is 1. The Morgan fingerprint density at radius 2 is 2.13 bits per heavy atom. The maximum atomic E-state index is 13.3. The molecule has 0 aliphatic carbocycles. The maximum absolute atomic E-state index is 13.3. The molecule has 0 radical (unpaired) electrons. The number of carboxylic acid groups (broad SMARTS) is 1. The van der Waals surface area contributed by atoms with Crippen LogP contribution in [0.4, 0.5) is 4.39 Å².